The van der Waals surface area contributed by atoms with Gasteiger partial charge >= 0.3 is 0 Å². The third-order valence-corrected chi connectivity index (χ3v) is 3.09. The summed E-state index contributed by atoms with van der Waals surface area (Å²) in [6.45, 7) is 1.05. The largest absolute Gasteiger partial charge is 0.390 e. The third-order valence-electron chi connectivity index (χ3n) is 3.09. The first-order valence-corrected chi connectivity index (χ1v) is 5.41. The molecule has 2 saturated carbocycles. The van der Waals surface area contributed by atoms with Crippen molar-refractivity contribution in [3.63, 3.8) is 0 Å². The SMILES string of the molecule is OCc1nnn(CC2CC2)c1C1CC1. The predicted octanol–water partition coefficient (Wildman–Crippen LogP) is 1.06. The lowest BCUT2D eigenvalue weighted by Crippen LogP contribution is -2.06. The van der Waals surface area contributed by atoms with E-state index in [2.05, 4.69) is 10.3 Å². The van der Waals surface area contributed by atoms with Gasteiger partial charge in [-0.15, -0.1) is 5.10 Å². The third kappa shape index (κ3) is 1.43. The molecule has 2 fully saturated rings. The molecule has 0 unspecified atom stereocenters. The maximum atomic E-state index is 9.14. The summed E-state index contributed by atoms with van der Waals surface area (Å²) in [6, 6.07) is 0. The molecule has 0 atom stereocenters. The highest BCUT2D eigenvalue weighted by Gasteiger charge is 2.32. The Labute approximate surface area is 82.9 Å². The van der Waals surface area contributed by atoms with Crippen molar-refractivity contribution < 1.29 is 5.11 Å². The van der Waals surface area contributed by atoms with Crippen LogP contribution in [0.1, 0.15) is 43.0 Å². The molecule has 2 aliphatic carbocycles. The van der Waals surface area contributed by atoms with Crippen LogP contribution in [0.15, 0.2) is 0 Å². The molecule has 1 aromatic heterocycles. The molecule has 0 spiro atoms. The van der Waals surface area contributed by atoms with Gasteiger partial charge < -0.3 is 5.11 Å². The number of nitrogens with zero attached hydrogens (tertiary/aromatic N) is 3. The summed E-state index contributed by atoms with van der Waals surface area (Å²) in [5.41, 5.74) is 2.01. The first-order chi connectivity index (χ1) is 6.88. The Kier molecular flexibility index (Phi) is 1.83. The highest BCUT2D eigenvalue weighted by molar-refractivity contribution is 5.20. The van der Waals surface area contributed by atoms with E-state index in [1.165, 1.54) is 31.4 Å². The Bertz CT molecular complexity index is 339. The van der Waals surface area contributed by atoms with E-state index in [4.69, 9.17) is 5.11 Å². The number of hydrogen-bond acceptors (Lipinski definition) is 3. The number of rotatable bonds is 4. The maximum absolute atomic E-state index is 9.14. The van der Waals surface area contributed by atoms with Crippen molar-refractivity contribution >= 4 is 0 Å². The highest BCUT2D eigenvalue weighted by Crippen LogP contribution is 2.42. The van der Waals surface area contributed by atoms with Crippen LogP contribution in [-0.2, 0) is 13.2 Å². The molecule has 4 heteroatoms. The van der Waals surface area contributed by atoms with Gasteiger partial charge in [0.1, 0.15) is 5.69 Å². The Morgan fingerprint density at radius 1 is 1.29 bits per heavy atom. The van der Waals surface area contributed by atoms with Crippen molar-refractivity contribution in [3.05, 3.63) is 11.4 Å². The molecular weight excluding hydrogens is 178 g/mol. The van der Waals surface area contributed by atoms with Gasteiger partial charge in [0.25, 0.3) is 0 Å². The molecule has 14 heavy (non-hydrogen) atoms. The summed E-state index contributed by atoms with van der Waals surface area (Å²) in [6.07, 6.45) is 5.15. The first kappa shape index (κ1) is 8.41. The van der Waals surface area contributed by atoms with Gasteiger partial charge in [0, 0.05) is 12.5 Å². The molecule has 0 aliphatic heterocycles. The molecule has 76 valence electrons. The van der Waals surface area contributed by atoms with E-state index < -0.39 is 0 Å². The molecule has 0 amide bonds. The van der Waals surface area contributed by atoms with E-state index in [-0.39, 0.29) is 6.61 Å². The van der Waals surface area contributed by atoms with Crippen LogP contribution in [0.5, 0.6) is 0 Å². The van der Waals surface area contributed by atoms with Gasteiger partial charge in [-0.05, 0) is 31.6 Å². The van der Waals surface area contributed by atoms with Crippen molar-refractivity contribution in [1.82, 2.24) is 15.0 Å². The van der Waals surface area contributed by atoms with Crippen molar-refractivity contribution in [1.29, 1.82) is 0 Å². The summed E-state index contributed by atoms with van der Waals surface area (Å²) < 4.78 is 2.03. The molecule has 0 aromatic carbocycles. The van der Waals surface area contributed by atoms with Crippen LogP contribution in [0.3, 0.4) is 0 Å². The lowest BCUT2D eigenvalue weighted by Gasteiger charge is -2.04. The van der Waals surface area contributed by atoms with E-state index in [9.17, 15) is 0 Å². The maximum Gasteiger partial charge on any atom is 0.112 e. The Morgan fingerprint density at radius 3 is 2.64 bits per heavy atom. The minimum Gasteiger partial charge on any atom is -0.390 e. The van der Waals surface area contributed by atoms with Crippen molar-refractivity contribution in [2.45, 2.75) is 44.8 Å². The van der Waals surface area contributed by atoms with Gasteiger partial charge in [0.15, 0.2) is 0 Å². The first-order valence-electron chi connectivity index (χ1n) is 5.41. The number of aliphatic hydroxyl groups is 1. The van der Waals surface area contributed by atoms with E-state index in [0.29, 0.717) is 5.92 Å². The fourth-order valence-electron chi connectivity index (χ4n) is 1.95. The van der Waals surface area contributed by atoms with Gasteiger partial charge in [-0.3, -0.25) is 0 Å². The monoisotopic (exact) mass is 193 g/mol. The van der Waals surface area contributed by atoms with Crippen LogP contribution in [0.25, 0.3) is 0 Å². The summed E-state index contributed by atoms with van der Waals surface area (Å²) in [5.74, 6) is 1.45. The number of hydrogen-bond donors (Lipinski definition) is 1. The molecule has 1 aromatic rings. The Hall–Kier alpha value is -0.900. The molecule has 0 bridgehead atoms. The lowest BCUT2D eigenvalue weighted by atomic mass is 10.2. The second kappa shape index (κ2) is 3.05. The average Bonchev–Trinajstić information content (AvgIpc) is 3.07. The van der Waals surface area contributed by atoms with E-state index >= 15 is 0 Å². The van der Waals surface area contributed by atoms with Crippen LogP contribution in [0.4, 0.5) is 0 Å². The summed E-state index contributed by atoms with van der Waals surface area (Å²) in [5, 5.41) is 17.3. The van der Waals surface area contributed by atoms with Gasteiger partial charge in [-0.1, -0.05) is 5.21 Å². The van der Waals surface area contributed by atoms with E-state index in [1.54, 1.807) is 0 Å². The van der Waals surface area contributed by atoms with Crippen LogP contribution in [-0.4, -0.2) is 20.1 Å². The smallest absolute Gasteiger partial charge is 0.112 e. The van der Waals surface area contributed by atoms with E-state index in [0.717, 1.165) is 18.2 Å². The lowest BCUT2D eigenvalue weighted by molar-refractivity contribution is 0.275. The molecule has 1 heterocycles. The second-order valence-electron chi connectivity index (χ2n) is 4.48. The standard InChI is InChI=1S/C10H15N3O/c14-6-9-10(8-3-4-8)13(12-11-9)5-7-1-2-7/h7-8,14H,1-6H2. The molecule has 4 nitrogen and oxygen atoms in total. The zero-order valence-corrected chi connectivity index (χ0v) is 8.19. The number of aromatic nitrogens is 3. The number of aliphatic hydroxyl groups excluding tert-OH is 1. The van der Waals surface area contributed by atoms with Crippen LogP contribution in [0.2, 0.25) is 0 Å². The summed E-state index contributed by atoms with van der Waals surface area (Å²) in [4.78, 5) is 0. The molecule has 0 radical (unpaired) electrons. The van der Waals surface area contributed by atoms with E-state index in [1.807, 2.05) is 4.68 Å². The minimum atomic E-state index is 0.0382. The molecular formula is C10H15N3O. The van der Waals surface area contributed by atoms with Crippen LogP contribution < -0.4 is 0 Å². The van der Waals surface area contributed by atoms with Crippen molar-refractivity contribution in [2.75, 3.05) is 0 Å². The van der Waals surface area contributed by atoms with Crippen molar-refractivity contribution in [3.8, 4) is 0 Å². The van der Waals surface area contributed by atoms with Gasteiger partial charge in [-0.25, -0.2) is 4.68 Å². The molecule has 0 saturated heterocycles. The molecule has 1 N–H and O–H groups in total. The second-order valence-corrected chi connectivity index (χ2v) is 4.48. The van der Waals surface area contributed by atoms with Crippen molar-refractivity contribution in [2.24, 2.45) is 5.92 Å². The minimum absolute atomic E-state index is 0.0382. The predicted molar refractivity (Wildman–Crippen MR) is 50.6 cm³/mol. The molecule has 2 aliphatic rings. The zero-order valence-electron chi connectivity index (χ0n) is 8.19. The fraction of sp³-hybridized carbons (Fsp3) is 0.800. The Balaban J connectivity index is 1.88. The van der Waals surface area contributed by atoms with Gasteiger partial charge in [-0.2, -0.15) is 0 Å². The molecule has 3 rings (SSSR count). The highest BCUT2D eigenvalue weighted by atomic mass is 16.3. The Morgan fingerprint density at radius 2 is 2.07 bits per heavy atom. The fourth-order valence-corrected chi connectivity index (χ4v) is 1.95. The quantitative estimate of drug-likeness (QED) is 0.777. The normalized spacial score (nSPS) is 21.5. The topological polar surface area (TPSA) is 50.9 Å². The van der Waals surface area contributed by atoms with Crippen LogP contribution in [0, 0.1) is 5.92 Å². The van der Waals surface area contributed by atoms with Gasteiger partial charge in [0.2, 0.25) is 0 Å². The summed E-state index contributed by atoms with van der Waals surface area (Å²) in [7, 11) is 0. The van der Waals surface area contributed by atoms with Gasteiger partial charge in [0.05, 0.1) is 12.3 Å². The zero-order chi connectivity index (χ0) is 9.54. The summed E-state index contributed by atoms with van der Waals surface area (Å²) >= 11 is 0. The average molecular weight is 193 g/mol. The van der Waals surface area contributed by atoms with Crippen LogP contribution >= 0.6 is 0 Å².